The summed E-state index contributed by atoms with van der Waals surface area (Å²) in [6, 6.07) is 6.80. The Morgan fingerprint density at radius 3 is 2.36 bits per heavy atom. The van der Waals surface area contributed by atoms with Crippen LogP contribution in [-0.2, 0) is 0 Å². The molecule has 0 saturated carbocycles. The molecular weight excluding hydrogens is 179 g/mol. The molecule has 0 radical (unpaired) electrons. The predicted octanol–water partition coefficient (Wildman–Crippen LogP) is 3.56. The van der Waals surface area contributed by atoms with E-state index in [2.05, 4.69) is 0 Å². The Bertz CT molecular complexity index is 325. The van der Waals surface area contributed by atoms with E-state index in [0.717, 1.165) is 0 Å². The van der Waals surface area contributed by atoms with Crippen molar-refractivity contribution in [2.45, 2.75) is 26.9 Å². The Kier molecular flexibility index (Phi) is 3.04. The van der Waals surface area contributed by atoms with Crippen LogP contribution in [-0.4, -0.2) is 6.29 Å². The molecule has 0 aromatic heterocycles. The van der Waals surface area contributed by atoms with Crippen LogP contribution in [0.3, 0.4) is 0 Å². The molecule has 1 atom stereocenters. The SMILES string of the molecule is CC(C)(C)C(F)c1ccccc1C=O. The van der Waals surface area contributed by atoms with Crippen LogP contribution >= 0.6 is 0 Å². The number of rotatable bonds is 2. The van der Waals surface area contributed by atoms with Gasteiger partial charge in [-0.2, -0.15) is 0 Å². The van der Waals surface area contributed by atoms with Gasteiger partial charge in [0.1, 0.15) is 12.5 Å². The van der Waals surface area contributed by atoms with Gasteiger partial charge in [0.25, 0.3) is 0 Å². The Morgan fingerprint density at radius 1 is 1.29 bits per heavy atom. The molecule has 1 rings (SSSR count). The van der Waals surface area contributed by atoms with Crippen molar-refractivity contribution in [1.82, 2.24) is 0 Å². The summed E-state index contributed by atoms with van der Waals surface area (Å²) in [6.07, 6.45) is -0.405. The number of benzene rings is 1. The molecule has 1 aromatic rings. The molecule has 1 nitrogen and oxygen atoms in total. The van der Waals surface area contributed by atoms with Crippen molar-refractivity contribution < 1.29 is 9.18 Å². The van der Waals surface area contributed by atoms with Crippen LogP contribution in [0.4, 0.5) is 4.39 Å². The van der Waals surface area contributed by atoms with Crippen LogP contribution in [0.25, 0.3) is 0 Å². The first-order valence-electron chi connectivity index (χ1n) is 4.65. The summed E-state index contributed by atoms with van der Waals surface area (Å²) < 4.78 is 13.9. The molecule has 1 aromatic carbocycles. The molecule has 0 aliphatic carbocycles. The number of carbonyl (C=O) groups is 1. The molecule has 76 valence electrons. The van der Waals surface area contributed by atoms with E-state index in [9.17, 15) is 9.18 Å². The maximum absolute atomic E-state index is 13.9. The van der Waals surface area contributed by atoms with Gasteiger partial charge < -0.3 is 0 Å². The number of halogens is 1. The van der Waals surface area contributed by atoms with Crippen LogP contribution in [0.15, 0.2) is 24.3 Å². The lowest BCUT2D eigenvalue weighted by molar-refractivity contribution is 0.111. The van der Waals surface area contributed by atoms with Gasteiger partial charge in [0.05, 0.1) is 0 Å². The predicted molar refractivity (Wildman–Crippen MR) is 55.1 cm³/mol. The van der Waals surface area contributed by atoms with Crippen molar-refractivity contribution in [2.75, 3.05) is 0 Å². The summed E-state index contributed by atoms with van der Waals surface area (Å²) in [5, 5.41) is 0. The molecule has 2 heteroatoms. The third kappa shape index (κ3) is 2.19. The summed E-state index contributed by atoms with van der Waals surface area (Å²) in [7, 11) is 0. The highest BCUT2D eigenvalue weighted by atomic mass is 19.1. The maximum Gasteiger partial charge on any atom is 0.150 e. The number of aldehydes is 1. The summed E-state index contributed by atoms with van der Waals surface area (Å²) >= 11 is 0. The van der Waals surface area contributed by atoms with Gasteiger partial charge in [-0.3, -0.25) is 4.79 Å². The molecule has 0 saturated heterocycles. The minimum absolute atomic E-state index is 0.440. The van der Waals surface area contributed by atoms with Crippen molar-refractivity contribution >= 4 is 6.29 Å². The van der Waals surface area contributed by atoms with Crippen LogP contribution in [0.5, 0.6) is 0 Å². The monoisotopic (exact) mass is 194 g/mol. The summed E-state index contributed by atoms with van der Waals surface area (Å²) in [6.45, 7) is 5.46. The average molecular weight is 194 g/mol. The van der Waals surface area contributed by atoms with E-state index in [4.69, 9.17) is 0 Å². The first-order chi connectivity index (χ1) is 6.46. The van der Waals surface area contributed by atoms with Crippen LogP contribution in [0, 0.1) is 5.41 Å². The lowest BCUT2D eigenvalue weighted by Gasteiger charge is -2.24. The van der Waals surface area contributed by atoms with Gasteiger partial charge in [0.15, 0.2) is 0 Å². The molecular formula is C12H15FO. The van der Waals surface area contributed by atoms with Gasteiger partial charge in [-0.1, -0.05) is 45.0 Å². The first kappa shape index (κ1) is 10.9. The van der Waals surface area contributed by atoms with Crippen molar-refractivity contribution in [3.63, 3.8) is 0 Å². The number of alkyl halides is 1. The van der Waals surface area contributed by atoms with Crippen LogP contribution < -0.4 is 0 Å². The fourth-order valence-corrected chi connectivity index (χ4v) is 1.32. The Morgan fingerprint density at radius 2 is 1.86 bits per heavy atom. The lowest BCUT2D eigenvalue weighted by atomic mass is 9.84. The fraction of sp³-hybridized carbons (Fsp3) is 0.417. The van der Waals surface area contributed by atoms with Gasteiger partial charge >= 0.3 is 0 Å². The molecule has 0 bridgehead atoms. The molecule has 0 aliphatic heterocycles. The van der Waals surface area contributed by atoms with Gasteiger partial charge in [-0.15, -0.1) is 0 Å². The minimum atomic E-state index is -1.11. The van der Waals surface area contributed by atoms with Crippen molar-refractivity contribution in [3.05, 3.63) is 35.4 Å². The molecule has 0 spiro atoms. The van der Waals surface area contributed by atoms with Gasteiger partial charge in [-0.25, -0.2) is 4.39 Å². The molecule has 0 N–H and O–H groups in total. The van der Waals surface area contributed by atoms with E-state index in [1.54, 1.807) is 24.3 Å². The standard InChI is InChI=1S/C12H15FO/c1-12(2,3)11(13)10-7-5-4-6-9(10)8-14/h4-8,11H,1-3H3. The first-order valence-corrected chi connectivity index (χ1v) is 4.65. The van der Waals surface area contributed by atoms with E-state index < -0.39 is 11.6 Å². The smallest absolute Gasteiger partial charge is 0.150 e. The van der Waals surface area contributed by atoms with Crippen molar-refractivity contribution in [3.8, 4) is 0 Å². The van der Waals surface area contributed by atoms with Gasteiger partial charge in [-0.05, 0) is 11.0 Å². The third-order valence-corrected chi connectivity index (χ3v) is 2.16. The lowest BCUT2D eigenvalue weighted by Crippen LogP contribution is -2.15. The Hall–Kier alpha value is -1.18. The number of carbonyl (C=O) groups excluding carboxylic acids is 1. The molecule has 0 fully saturated rings. The zero-order valence-corrected chi connectivity index (χ0v) is 8.75. The van der Waals surface area contributed by atoms with Crippen molar-refractivity contribution in [1.29, 1.82) is 0 Å². The van der Waals surface area contributed by atoms with E-state index in [0.29, 0.717) is 17.4 Å². The zero-order valence-electron chi connectivity index (χ0n) is 8.75. The van der Waals surface area contributed by atoms with E-state index in [-0.39, 0.29) is 0 Å². The van der Waals surface area contributed by atoms with Crippen LogP contribution in [0.1, 0.15) is 42.9 Å². The number of hydrogen-bond acceptors (Lipinski definition) is 1. The summed E-state index contributed by atoms with van der Waals surface area (Å²) in [5.41, 5.74) is 0.448. The highest BCUT2D eigenvalue weighted by molar-refractivity contribution is 5.77. The normalized spacial score (nSPS) is 13.7. The molecule has 1 unspecified atom stereocenters. The summed E-state index contributed by atoms with van der Waals surface area (Å²) in [5.74, 6) is 0. The van der Waals surface area contributed by atoms with E-state index >= 15 is 0 Å². The highest BCUT2D eigenvalue weighted by Crippen LogP contribution is 2.37. The number of hydrogen-bond donors (Lipinski definition) is 0. The summed E-state index contributed by atoms with van der Waals surface area (Å²) in [4.78, 5) is 10.7. The zero-order chi connectivity index (χ0) is 10.8. The van der Waals surface area contributed by atoms with Crippen molar-refractivity contribution in [2.24, 2.45) is 5.41 Å². The van der Waals surface area contributed by atoms with Gasteiger partial charge in [0.2, 0.25) is 0 Å². The minimum Gasteiger partial charge on any atom is -0.298 e. The topological polar surface area (TPSA) is 17.1 Å². The van der Waals surface area contributed by atoms with Gasteiger partial charge in [0, 0.05) is 5.56 Å². The highest BCUT2D eigenvalue weighted by Gasteiger charge is 2.27. The second-order valence-corrected chi connectivity index (χ2v) is 4.48. The fourth-order valence-electron chi connectivity index (χ4n) is 1.32. The van der Waals surface area contributed by atoms with Crippen LogP contribution in [0.2, 0.25) is 0 Å². The maximum atomic E-state index is 13.9. The largest absolute Gasteiger partial charge is 0.298 e. The quantitative estimate of drug-likeness (QED) is 0.658. The van der Waals surface area contributed by atoms with E-state index in [1.165, 1.54) is 0 Å². The second-order valence-electron chi connectivity index (χ2n) is 4.48. The second kappa shape index (κ2) is 3.91. The Balaban J connectivity index is 3.12. The third-order valence-electron chi connectivity index (χ3n) is 2.16. The Labute approximate surface area is 83.9 Å². The molecule has 0 amide bonds. The van der Waals surface area contributed by atoms with E-state index in [1.807, 2.05) is 20.8 Å². The molecule has 0 heterocycles. The average Bonchev–Trinajstić information content (AvgIpc) is 2.15. The molecule has 0 aliphatic rings. The molecule has 14 heavy (non-hydrogen) atoms.